The molecule has 0 bridgehead atoms. The van der Waals surface area contributed by atoms with Gasteiger partial charge in [-0.15, -0.1) is 23.2 Å². The Labute approximate surface area is 172 Å². The molecule has 5 heteroatoms. The largest absolute Gasteiger partial charge is 0.227 e. The molecule has 0 aliphatic heterocycles. The lowest BCUT2D eigenvalue weighted by atomic mass is 10.1. The van der Waals surface area contributed by atoms with Gasteiger partial charge in [0.1, 0.15) is 10.5 Å². The lowest BCUT2D eigenvalue weighted by Gasteiger charge is -2.22. The van der Waals surface area contributed by atoms with Gasteiger partial charge in [0.05, 0.1) is 0 Å². The van der Waals surface area contributed by atoms with Crippen molar-refractivity contribution in [3.8, 4) is 0 Å². The van der Waals surface area contributed by atoms with Crippen LogP contribution in [-0.2, 0) is 9.84 Å². The second kappa shape index (κ2) is 10.1. The minimum atomic E-state index is -3.65. The first-order valence-corrected chi connectivity index (χ1v) is 11.4. The number of sulfone groups is 1. The Balaban J connectivity index is 2.66. The molecule has 27 heavy (non-hydrogen) atoms. The van der Waals surface area contributed by atoms with Crippen LogP contribution in [0.1, 0.15) is 35.5 Å². The van der Waals surface area contributed by atoms with Gasteiger partial charge in [0.15, 0.2) is 9.84 Å². The highest BCUT2D eigenvalue weighted by Gasteiger charge is 2.34. The summed E-state index contributed by atoms with van der Waals surface area (Å²) in [6.45, 7) is 3.69. The SMILES string of the molecule is CC(=CC(c1ccccc1)S(=O)(=O)C(C=C(C)CCl)c1ccccc1)CCl. The van der Waals surface area contributed by atoms with Crippen molar-refractivity contribution in [1.29, 1.82) is 0 Å². The molecular formula is C22H24Cl2O2S. The number of allylic oxidation sites excluding steroid dienone is 2. The molecule has 0 saturated heterocycles. The Hall–Kier alpha value is -1.55. The Morgan fingerprint density at radius 2 is 1.11 bits per heavy atom. The quantitative estimate of drug-likeness (QED) is 0.371. The van der Waals surface area contributed by atoms with Crippen LogP contribution in [0.2, 0.25) is 0 Å². The van der Waals surface area contributed by atoms with Crippen molar-refractivity contribution in [1.82, 2.24) is 0 Å². The number of alkyl halides is 2. The van der Waals surface area contributed by atoms with Crippen LogP contribution in [-0.4, -0.2) is 20.2 Å². The third kappa shape index (κ3) is 5.71. The van der Waals surface area contributed by atoms with E-state index >= 15 is 0 Å². The fourth-order valence-corrected chi connectivity index (χ4v) is 5.22. The maximum Gasteiger partial charge on any atom is 0.171 e. The zero-order valence-corrected chi connectivity index (χ0v) is 17.8. The number of hydrogen-bond donors (Lipinski definition) is 0. The second-order valence-electron chi connectivity index (χ2n) is 6.54. The Bertz CT molecular complexity index is 819. The lowest BCUT2D eigenvalue weighted by Crippen LogP contribution is -2.20. The summed E-state index contributed by atoms with van der Waals surface area (Å²) in [5, 5.41) is -1.58. The van der Waals surface area contributed by atoms with Crippen LogP contribution in [0.3, 0.4) is 0 Å². The van der Waals surface area contributed by atoms with E-state index < -0.39 is 20.3 Å². The summed E-state index contributed by atoms with van der Waals surface area (Å²) in [6, 6.07) is 18.5. The van der Waals surface area contributed by atoms with Crippen LogP contribution >= 0.6 is 23.2 Å². The maximum atomic E-state index is 13.8. The van der Waals surface area contributed by atoms with E-state index in [2.05, 4.69) is 0 Å². The summed E-state index contributed by atoms with van der Waals surface area (Å²) in [5.41, 5.74) is 3.08. The van der Waals surface area contributed by atoms with E-state index in [4.69, 9.17) is 23.2 Å². The number of rotatable bonds is 8. The third-order valence-electron chi connectivity index (χ3n) is 4.26. The molecule has 0 N–H and O–H groups in total. The highest BCUT2D eigenvalue weighted by Crippen LogP contribution is 2.37. The highest BCUT2D eigenvalue weighted by atomic mass is 35.5. The van der Waals surface area contributed by atoms with Crippen LogP contribution < -0.4 is 0 Å². The zero-order valence-electron chi connectivity index (χ0n) is 15.5. The summed E-state index contributed by atoms with van der Waals surface area (Å²) >= 11 is 11.9. The van der Waals surface area contributed by atoms with Gasteiger partial charge in [0.25, 0.3) is 0 Å². The van der Waals surface area contributed by atoms with Gasteiger partial charge in [0.2, 0.25) is 0 Å². The second-order valence-corrected chi connectivity index (χ2v) is 9.27. The molecule has 0 aliphatic rings. The van der Waals surface area contributed by atoms with Gasteiger partial charge in [-0.25, -0.2) is 8.42 Å². The van der Waals surface area contributed by atoms with Crippen LogP contribution in [0.5, 0.6) is 0 Å². The molecule has 0 saturated carbocycles. The van der Waals surface area contributed by atoms with Crippen molar-refractivity contribution in [2.75, 3.05) is 11.8 Å². The highest BCUT2D eigenvalue weighted by molar-refractivity contribution is 7.92. The molecule has 0 heterocycles. The average molecular weight is 423 g/mol. The van der Waals surface area contributed by atoms with Gasteiger partial charge in [-0.3, -0.25) is 0 Å². The fourth-order valence-electron chi connectivity index (χ4n) is 2.81. The van der Waals surface area contributed by atoms with Gasteiger partial charge in [-0.1, -0.05) is 84.0 Å². The van der Waals surface area contributed by atoms with E-state index in [1.54, 1.807) is 12.2 Å². The van der Waals surface area contributed by atoms with Crippen LogP contribution in [0, 0.1) is 0 Å². The molecule has 0 aromatic heterocycles. The molecule has 2 rings (SSSR count). The zero-order chi connectivity index (χ0) is 19.9. The Morgan fingerprint density at radius 1 is 0.778 bits per heavy atom. The first kappa shape index (κ1) is 21.7. The number of benzene rings is 2. The minimum absolute atomic E-state index is 0.283. The van der Waals surface area contributed by atoms with Crippen molar-refractivity contribution in [2.45, 2.75) is 24.3 Å². The van der Waals surface area contributed by atoms with E-state index in [-0.39, 0.29) is 11.8 Å². The van der Waals surface area contributed by atoms with Crippen LogP contribution in [0.15, 0.2) is 84.0 Å². The van der Waals surface area contributed by atoms with E-state index in [0.29, 0.717) is 0 Å². The van der Waals surface area contributed by atoms with Gasteiger partial charge < -0.3 is 0 Å². The van der Waals surface area contributed by atoms with E-state index in [1.807, 2.05) is 74.5 Å². The summed E-state index contributed by atoms with van der Waals surface area (Å²) in [4.78, 5) is 0. The summed E-state index contributed by atoms with van der Waals surface area (Å²) in [7, 11) is -3.65. The monoisotopic (exact) mass is 422 g/mol. The molecule has 2 nitrogen and oxygen atoms in total. The molecule has 0 spiro atoms. The molecule has 0 aliphatic carbocycles. The van der Waals surface area contributed by atoms with Crippen molar-refractivity contribution >= 4 is 33.0 Å². The predicted molar refractivity (Wildman–Crippen MR) is 116 cm³/mol. The van der Waals surface area contributed by atoms with Gasteiger partial charge in [-0.05, 0) is 25.0 Å². The number of hydrogen-bond acceptors (Lipinski definition) is 2. The van der Waals surface area contributed by atoms with Crippen molar-refractivity contribution in [3.05, 3.63) is 95.1 Å². The van der Waals surface area contributed by atoms with E-state index in [9.17, 15) is 8.42 Å². The van der Waals surface area contributed by atoms with E-state index in [0.717, 1.165) is 22.3 Å². The molecule has 2 atom stereocenters. The van der Waals surface area contributed by atoms with Crippen molar-refractivity contribution < 1.29 is 8.42 Å². The first-order chi connectivity index (χ1) is 12.9. The molecule has 2 unspecified atom stereocenters. The third-order valence-corrected chi connectivity index (χ3v) is 7.33. The lowest BCUT2D eigenvalue weighted by molar-refractivity contribution is 0.584. The molecule has 2 aromatic rings. The van der Waals surface area contributed by atoms with Gasteiger partial charge >= 0.3 is 0 Å². The molecule has 2 aromatic carbocycles. The van der Waals surface area contributed by atoms with Crippen LogP contribution in [0.4, 0.5) is 0 Å². The summed E-state index contributed by atoms with van der Waals surface area (Å²) < 4.78 is 27.5. The van der Waals surface area contributed by atoms with E-state index in [1.165, 1.54) is 0 Å². The smallest absolute Gasteiger partial charge is 0.171 e. The van der Waals surface area contributed by atoms with Gasteiger partial charge in [0, 0.05) is 11.8 Å². The molecule has 0 fully saturated rings. The molecule has 144 valence electrons. The van der Waals surface area contributed by atoms with Gasteiger partial charge in [-0.2, -0.15) is 0 Å². The summed E-state index contributed by atoms with van der Waals surface area (Å²) in [6.07, 6.45) is 3.49. The molecular weight excluding hydrogens is 399 g/mol. The van der Waals surface area contributed by atoms with Crippen LogP contribution in [0.25, 0.3) is 0 Å². The molecule has 0 radical (unpaired) electrons. The molecule has 0 amide bonds. The maximum absolute atomic E-state index is 13.8. The number of halogens is 2. The Morgan fingerprint density at radius 3 is 1.41 bits per heavy atom. The minimum Gasteiger partial charge on any atom is -0.227 e. The fraction of sp³-hybridized carbons (Fsp3) is 0.273. The average Bonchev–Trinajstić information content (AvgIpc) is 2.70. The van der Waals surface area contributed by atoms with Crippen molar-refractivity contribution in [2.24, 2.45) is 0 Å². The Kier molecular flexibility index (Phi) is 8.15. The normalized spacial score (nSPS) is 15.4. The first-order valence-electron chi connectivity index (χ1n) is 8.69. The summed E-state index contributed by atoms with van der Waals surface area (Å²) in [5.74, 6) is 0.566. The predicted octanol–water partition coefficient (Wildman–Crippen LogP) is 6.25. The topological polar surface area (TPSA) is 34.1 Å². The standard InChI is InChI=1S/C22H24Cl2O2S/c1-17(15-23)13-21(19-9-5-3-6-10-19)27(25,26)22(14-18(2)16-24)20-11-7-4-8-12-20/h3-14,21-22H,15-16H2,1-2H3. The van der Waals surface area contributed by atoms with Crippen molar-refractivity contribution in [3.63, 3.8) is 0 Å².